The van der Waals surface area contributed by atoms with Crippen molar-refractivity contribution in [3.05, 3.63) is 0 Å². The van der Waals surface area contributed by atoms with Crippen molar-refractivity contribution in [1.29, 1.82) is 5.26 Å². The molecule has 2 rings (SSSR count). The zero-order valence-electron chi connectivity index (χ0n) is 9.66. The van der Waals surface area contributed by atoms with Crippen molar-refractivity contribution in [2.24, 2.45) is 5.41 Å². The second-order valence-electron chi connectivity index (χ2n) is 5.46. The average molecular weight is 208 g/mol. The van der Waals surface area contributed by atoms with Crippen molar-refractivity contribution in [3.8, 4) is 6.07 Å². The highest BCUT2D eigenvalue weighted by Gasteiger charge is 2.55. The lowest BCUT2D eigenvalue weighted by Crippen LogP contribution is -2.54. The molecule has 2 aliphatic rings. The van der Waals surface area contributed by atoms with Crippen LogP contribution in [0, 0.1) is 16.7 Å². The summed E-state index contributed by atoms with van der Waals surface area (Å²) in [5, 5.41) is 19.9. The predicted octanol–water partition coefficient (Wildman–Crippen LogP) is 1.53. The zero-order chi connectivity index (χ0) is 11.1. The Kier molecular flexibility index (Phi) is 2.52. The van der Waals surface area contributed by atoms with Gasteiger partial charge in [0.1, 0.15) is 0 Å². The summed E-state index contributed by atoms with van der Waals surface area (Å²) in [5.74, 6) is 0. The molecule has 2 heterocycles. The lowest BCUT2D eigenvalue weighted by atomic mass is 9.70. The molecule has 2 unspecified atom stereocenters. The van der Waals surface area contributed by atoms with Gasteiger partial charge in [-0.15, -0.1) is 0 Å². The number of piperidine rings is 1. The highest BCUT2D eigenvalue weighted by Crippen LogP contribution is 2.45. The van der Waals surface area contributed by atoms with E-state index in [4.69, 9.17) is 0 Å². The molecule has 2 atom stereocenters. The van der Waals surface area contributed by atoms with Crippen LogP contribution >= 0.6 is 0 Å². The average Bonchev–Trinajstić information content (AvgIpc) is 2.59. The molecule has 0 aromatic rings. The van der Waals surface area contributed by atoms with Crippen LogP contribution in [-0.4, -0.2) is 34.7 Å². The molecule has 2 saturated heterocycles. The molecule has 0 aromatic heterocycles. The first-order valence-corrected chi connectivity index (χ1v) is 5.89. The van der Waals surface area contributed by atoms with Crippen LogP contribution in [0.1, 0.15) is 39.5 Å². The summed E-state index contributed by atoms with van der Waals surface area (Å²) >= 11 is 0. The Hall–Kier alpha value is -0.590. The quantitative estimate of drug-likeness (QED) is 0.711. The van der Waals surface area contributed by atoms with E-state index in [1.54, 1.807) is 0 Å². The van der Waals surface area contributed by atoms with Gasteiger partial charge < -0.3 is 5.11 Å². The summed E-state index contributed by atoms with van der Waals surface area (Å²) < 4.78 is 0. The first kappa shape index (κ1) is 10.9. The van der Waals surface area contributed by atoms with E-state index in [2.05, 4.69) is 11.0 Å². The number of hydrogen-bond donors (Lipinski definition) is 1. The predicted molar refractivity (Wildman–Crippen MR) is 58.2 cm³/mol. The molecule has 0 aromatic carbocycles. The van der Waals surface area contributed by atoms with Crippen LogP contribution in [0.2, 0.25) is 0 Å². The topological polar surface area (TPSA) is 47.3 Å². The first-order valence-electron chi connectivity index (χ1n) is 5.89. The highest BCUT2D eigenvalue weighted by molar-refractivity contribution is 5.15. The first-order chi connectivity index (χ1) is 7.01. The molecule has 0 saturated carbocycles. The normalized spacial score (nSPS) is 37.3. The smallest absolute Gasteiger partial charge is 0.0994 e. The van der Waals surface area contributed by atoms with Gasteiger partial charge in [-0.2, -0.15) is 5.26 Å². The van der Waals surface area contributed by atoms with E-state index in [0.29, 0.717) is 0 Å². The van der Waals surface area contributed by atoms with Gasteiger partial charge in [0.15, 0.2) is 0 Å². The summed E-state index contributed by atoms with van der Waals surface area (Å²) in [7, 11) is 0. The third kappa shape index (κ3) is 1.47. The minimum absolute atomic E-state index is 0.209. The van der Waals surface area contributed by atoms with Crippen LogP contribution in [0.4, 0.5) is 0 Å². The molecular weight excluding hydrogens is 188 g/mol. The molecule has 0 bridgehead atoms. The van der Waals surface area contributed by atoms with E-state index >= 15 is 0 Å². The molecule has 84 valence electrons. The van der Waals surface area contributed by atoms with Crippen molar-refractivity contribution in [3.63, 3.8) is 0 Å². The monoisotopic (exact) mass is 208 g/mol. The third-order valence-electron chi connectivity index (χ3n) is 4.31. The molecule has 2 fully saturated rings. The summed E-state index contributed by atoms with van der Waals surface area (Å²) in [4.78, 5) is 2.36. The molecule has 0 amide bonds. The van der Waals surface area contributed by atoms with Gasteiger partial charge in [-0.3, -0.25) is 4.90 Å². The SMILES string of the molecule is CC(C)(C#N)C1(O)CCN2CCCCC21. The van der Waals surface area contributed by atoms with Crippen molar-refractivity contribution < 1.29 is 5.11 Å². The Morgan fingerprint density at radius 2 is 2.13 bits per heavy atom. The number of rotatable bonds is 1. The van der Waals surface area contributed by atoms with Gasteiger partial charge in [-0.05, 0) is 39.7 Å². The number of hydrogen-bond acceptors (Lipinski definition) is 3. The maximum Gasteiger partial charge on any atom is 0.0994 e. The fourth-order valence-corrected chi connectivity index (χ4v) is 3.11. The Morgan fingerprint density at radius 3 is 2.80 bits per heavy atom. The number of nitrogens with zero attached hydrogens (tertiary/aromatic N) is 2. The molecular formula is C12H20N2O. The van der Waals surface area contributed by atoms with E-state index in [1.807, 2.05) is 13.8 Å². The van der Waals surface area contributed by atoms with Crippen LogP contribution in [0.3, 0.4) is 0 Å². The van der Waals surface area contributed by atoms with Crippen molar-refractivity contribution in [2.75, 3.05) is 13.1 Å². The van der Waals surface area contributed by atoms with E-state index < -0.39 is 11.0 Å². The molecule has 3 nitrogen and oxygen atoms in total. The third-order valence-corrected chi connectivity index (χ3v) is 4.31. The summed E-state index contributed by atoms with van der Waals surface area (Å²) in [6, 6.07) is 2.49. The molecule has 1 N–H and O–H groups in total. The highest BCUT2D eigenvalue weighted by atomic mass is 16.3. The van der Waals surface area contributed by atoms with Gasteiger partial charge in [-0.25, -0.2) is 0 Å². The Bertz CT molecular complexity index is 294. The second kappa shape index (κ2) is 3.47. The van der Waals surface area contributed by atoms with Crippen LogP contribution in [0.25, 0.3) is 0 Å². The second-order valence-corrected chi connectivity index (χ2v) is 5.46. The molecule has 3 heteroatoms. The molecule has 15 heavy (non-hydrogen) atoms. The standard InChI is InChI=1S/C12H20N2O/c1-11(2,9-13)12(15)6-8-14-7-4-3-5-10(12)14/h10,15H,3-8H2,1-2H3. The van der Waals surface area contributed by atoms with Gasteiger partial charge in [0, 0.05) is 12.6 Å². The van der Waals surface area contributed by atoms with Crippen molar-refractivity contribution in [1.82, 2.24) is 4.90 Å². The van der Waals surface area contributed by atoms with Gasteiger partial charge in [0.25, 0.3) is 0 Å². The van der Waals surface area contributed by atoms with E-state index in [1.165, 1.54) is 12.8 Å². The zero-order valence-corrected chi connectivity index (χ0v) is 9.66. The molecule has 0 aliphatic carbocycles. The number of fused-ring (bicyclic) bond motifs is 1. The maximum atomic E-state index is 10.8. The Labute approximate surface area is 91.7 Å². The lowest BCUT2D eigenvalue weighted by Gasteiger charge is -2.43. The van der Waals surface area contributed by atoms with Crippen LogP contribution in [-0.2, 0) is 0 Å². The van der Waals surface area contributed by atoms with E-state index in [-0.39, 0.29) is 6.04 Å². The van der Waals surface area contributed by atoms with Crippen molar-refractivity contribution in [2.45, 2.75) is 51.2 Å². The summed E-state index contributed by atoms with van der Waals surface area (Å²) in [6.07, 6.45) is 4.21. The molecule has 2 aliphatic heterocycles. The van der Waals surface area contributed by atoms with Gasteiger partial charge >= 0.3 is 0 Å². The van der Waals surface area contributed by atoms with Gasteiger partial charge in [0.05, 0.1) is 17.1 Å². The summed E-state index contributed by atoms with van der Waals surface area (Å²) in [6.45, 7) is 5.77. The van der Waals surface area contributed by atoms with Crippen LogP contribution in [0.15, 0.2) is 0 Å². The number of nitriles is 1. The fourth-order valence-electron chi connectivity index (χ4n) is 3.11. The lowest BCUT2D eigenvalue weighted by molar-refractivity contribution is -0.0732. The van der Waals surface area contributed by atoms with Gasteiger partial charge in [0.2, 0.25) is 0 Å². The summed E-state index contributed by atoms with van der Waals surface area (Å²) in [5.41, 5.74) is -1.44. The van der Waals surface area contributed by atoms with Gasteiger partial charge in [-0.1, -0.05) is 6.42 Å². The minimum atomic E-state index is -0.803. The maximum absolute atomic E-state index is 10.8. The Balaban J connectivity index is 2.26. The molecule has 0 spiro atoms. The molecule has 0 radical (unpaired) electrons. The largest absolute Gasteiger partial charge is 0.387 e. The van der Waals surface area contributed by atoms with Crippen molar-refractivity contribution >= 4 is 0 Å². The van der Waals surface area contributed by atoms with E-state index in [0.717, 1.165) is 25.9 Å². The Morgan fingerprint density at radius 1 is 1.40 bits per heavy atom. The van der Waals surface area contributed by atoms with E-state index in [9.17, 15) is 10.4 Å². The van der Waals surface area contributed by atoms with Crippen LogP contribution < -0.4 is 0 Å². The number of aliphatic hydroxyl groups is 1. The fraction of sp³-hybridized carbons (Fsp3) is 0.917. The minimum Gasteiger partial charge on any atom is -0.387 e. The van der Waals surface area contributed by atoms with Crippen LogP contribution in [0.5, 0.6) is 0 Å².